The van der Waals surface area contributed by atoms with Crippen LogP contribution in [0.2, 0.25) is 0 Å². The first-order chi connectivity index (χ1) is 33.6. The molecule has 9 aromatic carbocycles. The molecule has 0 spiro atoms. The fourth-order valence-corrected chi connectivity index (χ4v) is 9.14. The monoisotopic (exact) mass is 871 g/mol. The third kappa shape index (κ3) is 7.16. The fraction of sp³-hybridized carbons (Fsp3) is 0. The molecule has 68 heavy (non-hydrogen) atoms. The lowest BCUT2D eigenvalue weighted by Gasteiger charge is -2.12. The van der Waals surface area contributed by atoms with Crippen LogP contribution in [0.4, 0.5) is 0 Å². The van der Waals surface area contributed by atoms with E-state index in [2.05, 4.69) is 152 Å². The van der Waals surface area contributed by atoms with E-state index in [1.165, 1.54) is 0 Å². The summed E-state index contributed by atoms with van der Waals surface area (Å²) in [6.07, 6.45) is 0. The van der Waals surface area contributed by atoms with Gasteiger partial charge in [-0.1, -0.05) is 164 Å². The minimum absolute atomic E-state index is 0.554. The smallest absolute Gasteiger partial charge is 0.164 e. The third-order valence-electron chi connectivity index (χ3n) is 12.5. The van der Waals surface area contributed by atoms with Gasteiger partial charge in [0.2, 0.25) is 0 Å². The van der Waals surface area contributed by atoms with Gasteiger partial charge in [0.15, 0.2) is 23.3 Å². The molecule has 7 heteroatoms. The first-order valence-corrected chi connectivity index (χ1v) is 22.5. The van der Waals surface area contributed by atoms with Crippen LogP contribution in [0.1, 0.15) is 0 Å². The molecule has 0 fully saturated rings. The van der Waals surface area contributed by atoms with Crippen molar-refractivity contribution in [3.63, 3.8) is 0 Å². The summed E-state index contributed by atoms with van der Waals surface area (Å²) in [6, 6.07) is 76.5. The quantitative estimate of drug-likeness (QED) is 0.150. The number of rotatable bonds is 8. The topological polar surface area (TPSA) is 90.7 Å². The molecule has 4 heterocycles. The van der Waals surface area contributed by atoms with E-state index >= 15 is 0 Å². The van der Waals surface area contributed by atoms with Crippen LogP contribution in [-0.4, -0.2) is 24.9 Å². The van der Waals surface area contributed by atoms with Crippen molar-refractivity contribution >= 4 is 43.9 Å². The van der Waals surface area contributed by atoms with Gasteiger partial charge < -0.3 is 8.83 Å². The van der Waals surface area contributed by atoms with Crippen LogP contribution >= 0.6 is 0 Å². The van der Waals surface area contributed by atoms with Crippen molar-refractivity contribution in [1.29, 1.82) is 0 Å². The summed E-state index contributed by atoms with van der Waals surface area (Å²) in [4.78, 5) is 25.8. The van der Waals surface area contributed by atoms with Crippen LogP contribution in [0.15, 0.2) is 233 Å². The Morgan fingerprint density at radius 2 is 0.559 bits per heavy atom. The number of nitrogens with zero attached hydrogens (tertiary/aromatic N) is 5. The summed E-state index contributed by atoms with van der Waals surface area (Å²) in [5, 5.41) is 4.26. The number of benzene rings is 9. The summed E-state index contributed by atoms with van der Waals surface area (Å²) >= 11 is 0. The predicted octanol–water partition coefficient (Wildman–Crippen LogP) is 15.8. The molecule has 0 saturated carbocycles. The summed E-state index contributed by atoms with van der Waals surface area (Å²) in [5.41, 5.74) is 14.6. The van der Waals surface area contributed by atoms with Crippen LogP contribution in [-0.2, 0) is 0 Å². The van der Waals surface area contributed by atoms with E-state index < -0.39 is 0 Å². The summed E-state index contributed by atoms with van der Waals surface area (Å²) in [7, 11) is 0. The second-order valence-corrected chi connectivity index (χ2v) is 16.9. The standard InChI is InChI=1S/C61H37N5O2/c1-3-14-38(15-4-1)40-18-12-22-44(33-40)59-64-60(66-61(65-59)47-29-31-51-49-25-8-10-27-55(49)68-57(51)36-47)45-23-13-20-42(34-45)41-19-11-21-43(32-41)53-37-52(39-16-5-2-6-17-39)62-58(63-53)46-28-30-50-48-24-7-9-26-54(48)67-56(50)35-46/h1-37H. The van der Waals surface area contributed by atoms with Crippen molar-refractivity contribution in [1.82, 2.24) is 24.9 Å². The van der Waals surface area contributed by atoms with Gasteiger partial charge in [0.25, 0.3) is 0 Å². The van der Waals surface area contributed by atoms with E-state index in [9.17, 15) is 0 Å². The molecule has 0 saturated heterocycles. The van der Waals surface area contributed by atoms with Crippen LogP contribution in [0.5, 0.6) is 0 Å². The number of furan rings is 2. The highest BCUT2D eigenvalue weighted by molar-refractivity contribution is 6.06. The van der Waals surface area contributed by atoms with Gasteiger partial charge in [0.05, 0.1) is 11.4 Å². The van der Waals surface area contributed by atoms with E-state index in [-0.39, 0.29) is 0 Å². The first kappa shape index (κ1) is 39.1. The Kier molecular flexibility index (Phi) is 9.35. The van der Waals surface area contributed by atoms with E-state index in [4.69, 9.17) is 33.8 Å². The van der Waals surface area contributed by atoms with Gasteiger partial charge in [-0.25, -0.2) is 24.9 Å². The lowest BCUT2D eigenvalue weighted by Crippen LogP contribution is -2.00. The largest absolute Gasteiger partial charge is 0.456 e. The third-order valence-corrected chi connectivity index (χ3v) is 12.5. The van der Waals surface area contributed by atoms with Crippen molar-refractivity contribution in [2.75, 3.05) is 0 Å². The zero-order valence-corrected chi connectivity index (χ0v) is 36.4. The molecule has 7 nitrogen and oxygen atoms in total. The van der Waals surface area contributed by atoms with E-state index in [1.807, 2.05) is 72.8 Å². The molecule has 318 valence electrons. The maximum Gasteiger partial charge on any atom is 0.164 e. The Balaban J connectivity index is 0.908. The lowest BCUT2D eigenvalue weighted by molar-refractivity contribution is 0.668. The van der Waals surface area contributed by atoms with Crippen LogP contribution in [0.25, 0.3) is 134 Å². The molecule has 0 atom stereocenters. The minimum Gasteiger partial charge on any atom is -0.456 e. The second kappa shape index (κ2) is 16.3. The molecule has 13 rings (SSSR count). The Labute approximate surface area is 390 Å². The van der Waals surface area contributed by atoms with Crippen molar-refractivity contribution in [2.24, 2.45) is 0 Å². The number of aromatic nitrogens is 5. The van der Waals surface area contributed by atoms with E-state index in [0.717, 1.165) is 111 Å². The van der Waals surface area contributed by atoms with E-state index in [1.54, 1.807) is 0 Å². The highest BCUT2D eigenvalue weighted by Crippen LogP contribution is 2.37. The maximum atomic E-state index is 6.32. The van der Waals surface area contributed by atoms with Gasteiger partial charge in [0, 0.05) is 54.9 Å². The van der Waals surface area contributed by atoms with Crippen molar-refractivity contribution in [2.45, 2.75) is 0 Å². The van der Waals surface area contributed by atoms with Crippen molar-refractivity contribution in [3.8, 4) is 90.3 Å². The summed E-state index contributed by atoms with van der Waals surface area (Å²) in [6.45, 7) is 0. The van der Waals surface area contributed by atoms with E-state index in [0.29, 0.717) is 23.3 Å². The van der Waals surface area contributed by atoms with Crippen LogP contribution in [0.3, 0.4) is 0 Å². The summed E-state index contributed by atoms with van der Waals surface area (Å²) < 4.78 is 12.6. The van der Waals surface area contributed by atoms with Gasteiger partial charge in [-0.15, -0.1) is 0 Å². The highest BCUT2D eigenvalue weighted by Gasteiger charge is 2.18. The van der Waals surface area contributed by atoms with Gasteiger partial charge in [-0.2, -0.15) is 0 Å². The number of para-hydroxylation sites is 2. The van der Waals surface area contributed by atoms with Gasteiger partial charge in [0.1, 0.15) is 22.3 Å². The molecule has 13 aromatic rings. The van der Waals surface area contributed by atoms with Crippen molar-refractivity contribution in [3.05, 3.63) is 224 Å². The minimum atomic E-state index is 0.554. The zero-order valence-electron chi connectivity index (χ0n) is 36.4. The normalized spacial score (nSPS) is 11.5. The van der Waals surface area contributed by atoms with Crippen LogP contribution in [0, 0.1) is 0 Å². The number of hydrogen-bond acceptors (Lipinski definition) is 7. The zero-order chi connectivity index (χ0) is 45.0. The fourth-order valence-electron chi connectivity index (χ4n) is 9.14. The average molecular weight is 872 g/mol. The molecule has 0 aliphatic carbocycles. The second-order valence-electron chi connectivity index (χ2n) is 16.9. The molecular formula is C61H37N5O2. The molecule has 0 unspecified atom stereocenters. The molecule has 0 N–H and O–H groups in total. The van der Waals surface area contributed by atoms with Crippen LogP contribution < -0.4 is 0 Å². The Bertz CT molecular complexity index is 4050. The number of hydrogen-bond donors (Lipinski definition) is 0. The Morgan fingerprint density at radius 1 is 0.206 bits per heavy atom. The lowest BCUT2D eigenvalue weighted by atomic mass is 9.99. The van der Waals surface area contributed by atoms with Gasteiger partial charge in [-0.3, -0.25) is 0 Å². The van der Waals surface area contributed by atoms with Crippen molar-refractivity contribution < 1.29 is 8.83 Å². The predicted molar refractivity (Wildman–Crippen MR) is 273 cm³/mol. The molecule has 0 aliphatic heterocycles. The summed E-state index contributed by atoms with van der Waals surface area (Å²) in [5.74, 6) is 2.31. The Hall–Kier alpha value is -9.33. The molecule has 0 aliphatic rings. The van der Waals surface area contributed by atoms with Gasteiger partial charge >= 0.3 is 0 Å². The molecule has 0 amide bonds. The Morgan fingerprint density at radius 3 is 1.09 bits per heavy atom. The molecule has 0 bridgehead atoms. The molecule has 4 aromatic heterocycles. The first-order valence-electron chi connectivity index (χ1n) is 22.5. The maximum absolute atomic E-state index is 6.32. The SMILES string of the molecule is c1ccc(-c2cccc(-c3nc(-c4cccc(-c5cccc(-c6cc(-c7ccccc7)nc(-c7ccc8c(c7)oc7ccccc78)n6)c5)c4)nc(-c4ccc5c(c4)oc4ccccc45)n3)c2)cc1. The van der Waals surface area contributed by atoms with Gasteiger partial charge in [-0.05, 0) is 82.9 Å². The molecule has 0 radical (unpaired) electrons. The average Bonchev–Trinajstić information content (AvgIpc) is 3.99. The number of fused-ring (bicyclic) bond motifs is 6. The molecular weight excluding hydrogens is 835 g/mol. The highest BCUT2D eigenvalue weighted by atomic mass is 16.3.